The molecule has 1 N–H and O–H groups in total. The Balaban J connectivity index is 2.50. The first-order valence-corrected chi connectivity index (χ1v) is 3.07. The molecule has 0 aromatic heterocycles. The molecule has 1 aliphatic carbocycles. The van der Waals surface area contributed by atoms with E-state index in [1.54, 1.807) is 6.08 Å². The molecule has 0 aromatic rings. The van der Waals surface area contributed by atoms with Crippen molar-refractivity contribution in [3.05, 3.63) is 23.7 Å². The van der Waals surface area contributed by atoms with Crippen LogP contribution in [0.3, 0.4) is 0 Å². The Bertz CT molecular complexity index is 156. The van der Waals surface area contributed by atoms with Crippen LogP contribution in [0, 0.1) is 0 Å². The smallest absolute Gasteiger partial charge is 0.156 e. The van der Waals surface area contributed by atoms with E-state index in [-0.39, 0.29) is 5.76 Å². The lowest BCUT2D eigenvalue weighted by Gasteiger charge is -2.01. The second-order valence-electron chi connectivity index (χ2n) is 1.83. The van der Waals surface area contributed by atoms with Gasteiger partial charge in [0.25, 0.3) is 0 Å². The fraction of sp³-hybridized carbons (Fsp3) is 0.429. The maximum atomic E-state index is 8.99. The summed E-state index contributed by atoms with van der Waals surface area (Å²) in [6.07, 6.45) is 4.38. The summed E-state index contributed by atoms with van der Waals surface area (Å²) in [4.78, 5) is 0. The van der Waals surface area contributed by atoms with E-state index in [2.05, 4.69) is 0 Å². The number of hydrogen-bond acceptors (Lipinski definition) is 2. The van der Waals surface area contributed by atoms with Gasteiger partial charge in [0, 0.05) is 0 Å². The standard InChI is InChI=1S/C7H10O2/c1-2-9-7-5-3-4-6(7)8/h4-5,8H,2-3H2,1H3. The first-order valence-electron chi connectivity index (χ1n) is 3.07. The van der Waals surface area contributed by atoms with Crippen LogP contribution in [0.2, 0.25) is 0 Å². The van der Waals surface area contributed by atoms with E-state index < -0.39 is 0 Å². The average Bonchev–Trinajstić information content (AvgIpc) is 2.18. The summed E-state index contributed by atoms with van der Waals surface area (Å²) in [5.74, 6) is 0.898. The molecule has 0 aromatic carbocycles. The van der Waals surface area contributed by atoms with Crippen molar-refractivity contribution in [3.8, 4) is 0 Å². The Morgan fingerprint density at radius 2 is 2.44 bits per heavy atom. The van der Waals surface area contributed by atoms with Crippen LogP contribution in [0.15, 0.2) is 23.7 Å². The SMILES string of the molecule is CCOC1=CCC=C1O. The average molecular weight is 126 g/mol. The van der Waals surface area contributed by atoms with Gasteiger partial charge in [-0.15, -0.1) is 0 Å². The molecule has 1 aliphatic rings. The third kappa shape index (κ3) is 1.25. The quantitative estimate of drug-likeness (QED) is 0.610. The van der Waals surface area contributed by atoms with Crippen molar-refractivity contribution in [2.75, 3.05) is 6.61 Å². The van der Waals surface area contributed by atoms with Crippen LogP contribution in [-0.2, 0) is 4.74 Å². The Morgan fingerprint density at radius 3 is 2.89 bits per heavy atom. The van der Waals surface area contributed by atoms with Crippen LogP contribution in [-0.4, -0.2) is 11.7 Å². The van der Waals surface area contributed by atoms with E-state index in [0.29, 0.717) is 12.4 Å². The highest BCUT2D eigenvalue weighted by molar-refractivity contribution is 5.26. The van der Waals surface area contributed by atoms with Gasteiger partial charge >= 0.3 is 0 Å². The number of allylic oxidation sites excluding steroid dienone is 2. The van der Waals surface area contributed by atoms with Crippen LogP contribution in [0.4, 0.5) is 0 Å². The van der Waals surface area contributed by atoms with E-state index in [0.717, 1.165) is 6.42 Å². The molecule has 2 nitrogen and oxygen atoms in total. The van der Waals surface area contributed by atoms with Gasteiger partial charge in [-0.05, 0) is 25.5 Å². The van der Waals surface area contributed by atoms with Crippen molar-refractivity contribution in [2.45, 2.75) is 13.3 Å². The zero-order chi connectivity index (χ0) is 6.69. The fourth-order valence-corrected chi connectivity index (χ4v) is 0.771. The largest absolute Gasteiger partial charge is 0.504 e. The van der Waals surface area contributed by atoms with Crippen LogP contribution in [0.1, 0.15) is 13.3 Å². The van der Waals surface area contributed by atoms with Gasteiger partial charge in [-0.25, -0.2) is 0 Å². The normalized spacial score (nSPS) is 17.0. The molecule has 0 saturated heterocycles. The first-order chi connectivity index (χ1) is 4.34. The minimum absolute atomic E-state index is 0.275. The predicted octanol–water partition coefficient (Wildman–Crippen LogP) is 1.75. The van der Waals surface area contributed by atoms with Gasteiger partial charge in [0.15, 0.2) is 11.5 Å². The van der Waals surface area contributed by atoms with Crippen molar-refractivity contribution in [3.63, 3.8) is 0 Å². The second kappa shape index (κ2) is 2.58. The topological polar surface area (TPSA) is 29.5 Å². The summed E-state index contributed by atoms with van der Waals surface area (Å²) < 4.78 is 5.06. The Labute approximate surface area is 54.5 Å². The van der Waals surface area contributed by atoms with Crippen molar-refractivity contribution >= 4 is 0 Å². The maximum Gasteiger partial charge on any atom is 0.156 e. The Hall–Kier alpha value is -0.920. The molecule has 0 spiro atoms. The summed E-state index contributed by atoms with van der Waals surface area (Å²) in [7, 11) is 0. The van der Waals surface area contributed by atoms with Gasteiger partial charge in [-0.2, -0.15) is 0 Å². The first kappa shape index (κ1) is 6.20. The minimum atomic E-state index is 0.275. The molecule has 2 heteroatoms. The molecule has 0 fully saturated rings. The van der Waals surface area contributed by atoms with Crippen LogP contribution in [0.5, 0.6) is 0 Å². The fourth-order valence-electron chi connectivity index (χ4n) is 0.771. The minimum Gasteiger partial charge on any atom is -0.504 e. The summed E-state index contributed by atoms with van der Waals surface area (Å²) in [5.41, 5.74) is 0. The third-order valence-corrected chi connectivity index (χ3v) is 1.17. The zero-order valence-electron chi connectivity index (χ0n) is 5.42. The van der Waals surface area contributed by atoms with Gasteiger partial charge in [0.05, 0.1) is 6.61 Å². The molecule has 0 bridgehead atoms. The van der Waals surface area contributed by atoms with Gasteiger partial charge in [-0.1, -0.05) is 0 Å². The van der Waals surface area contributed by atoms with Crippen molar-refractivity contribution in [2.24, 2.45) is 0 Å². The van der Waals surface area contributed by atoms with Crippen LogP contribution < -0.4 is 0 Å². The molecule has 50 valence electrons. The van der Waals surface area contributed by atoms with E-state index in [4.69, 9.17) is 9.84 Å². The third-order valence-electron chi connectivity index (χ3n) is 1.17. The number of hydrogen-bond donors (Lipinski definition) is 1. The lowest BCUT2D eigenvalue weighted by atomic mass is 10.5. The van der Waals surface area contributed by atoms with Crippen molar-refractivity contribution in [1.29, 1.82) is 0 Å². The number of rotatable bonds is 2. The zero-order valence-corrected chi connectivity index (χ0v) is 5.42. The molecule has 0 amide bonds. The van der Waals surface area contributed by atoms with Crippen molar-refractivity contribution in [1.82, 2.24) is 0 Å². The molecule has 0 unspecified atom stereocenters. The molecule has 1 rings (SSSR count). The van der Waals surface area contributed by atoms with E-state index in [1.807, 2.05) is 13.0 Å². The Morgan fingerprint density at radius 1 is 1.67 bits per heavy atom. The highest BCUT2D eigenvalue weighted by atomic mass is 16.5. The predicted molar refractivity (Wildman–Crippen MR) is 35.0 cm³/mol. The highest BCUT2D eigenvalue weighted by Gasteiger charge is 2.06. The van der Waals surface area contributed by atoms with Gasteiger partial charge < -0.3 is 9.84 Å². The summed E-state index contributed by atoms with van der Waals surface area (Å²) in [6.45, 7) is 2.51. The molecule has 0 heterocycles. The molecule has 0 aliphatic heterocycles. The van der Waals surface area contributed by atoms with Gasteiger partial charge in [0.2, 0.25) is 0 Å². The summed E-state index contributed by atoms with van der Waals surface area (Å²) in [6, 6.07) is 0. The molecular formula is C7H10O2. The lowest BCUT2D eigenvalue weighted by molar-refractivity contribution is 0.210. The van der Waals surface area contributed by atoms with Crippen molar-refractivity contribution < 1.29 is 9.84 Å². The highest BCUT2D eigenvalue weighted by Crippen LogP contribution is 2.16. The van der Waals surface area contributed by atoms with Crippen LogP contribution >= 0.6 is 0 Å². The van der Waals surface area contributed by atoms with Gasteiger partial charge in [-0.3, -0.25) is 0 Å². The maximum absolute atomic E-state index is 8.99. The second-order valence-corrected chi connectivity index (χ2v) is 1.83. The molecule has 0 radical (unpaired) electrons. The molecule has 0 saturated carbocycles. The lowest BCUT2D eigenvalue weighted by Crippen LogP contribution is -1.91. The molecule has 0 atom stereocenters. The monoisotopic (exact) mass is 126 g/mol. The van der Waals surface area contributed by atoms with E-state index in [9.17, 15) is 0 Å². The van der Waals surface area contributed by atoms with E-state index >= 15 is 0 Å². The van der Waals surface area contributed by atoms with Gasteiger partial charge in [0.1, 0.15) is 0 Å². The number of ether oxygens (including phenoxy) is 1. The Kier molecular flexibility index (Phi) is 1.78. The molecule has 9 heavy (non-hydrogen) atoms. The number of aliphatic hydroxyl groups is 1. The summed E-state index contributed by atoms with van der Waals surface area (Å²) in [5, 5.41) is 8.99. The van der Waals surface area contributed by atoms with Crippen LogP contribution in [0.25, 0.3) is 0 Å². The number of aliphatic hydroxyl groups excluding tert-OH is 1. The summed E-state index contributed by atoms with van der Waals surface area (Å²) >= 11 is 0. The molecular weight excluding hydrogens is 116 g/mol. The van der Waals surface area contributed by atoms with E-state index in [1.165, 1.54) is 0 Å².